The molecule has 20 heavy (non-hydrogen) atoms. The number of benzene rings is 2. The molecule has 0 saturated carbocycles. The summed E-state index contributed by atoms with van der Waals surface area (Å²) in [6.45, 7) is 0.995. The third-order valence-corrected chi connectivity index (χ3v) is 4.60. The van der Waals surface area contributed by atoms with Gasteiger partial charge in [-0.1, -0.05) is 18.2 Å². The third kappa shape index (κ3) is 2.97. The number of aliphatic hydroxyl groups is 1. The van der Waals surface area contributed by atoms with E-state index in [0.717, 1.165) is 5.39 Å². The van der Waals surface area contributed by atoms with Crippen LogP contribution >= 0.6 is 0 Å². The van der Waals surface area contributed by atoms with Crippen molar-refractivity contribution in [1.82, 2.24) is 0 Å². The van der Waals surface area contributed by atoms with Crippen LogP contribution in [0.4, 0.5) is 5.69 Å². The molecule has 2 rings (SSSR count). The van der Waals surface area contributed by atoms with Crippen molar-refractivity contribution in [2.24, 2.45) is 0 Å². The van der Waals surface area contributed by atoms with Gasteiger partial charge in [0, 0.05) is 18.0 Å². The van der Waals surface area contributed by atoms with Gasteiger partial charge in [-0.25, -0.2) is 8.42 Å². The molecule has 2 aromatic carbocycles. The molecule has 0 aliphatic heterocycles. The summed E-state index contributed by atoms with van der Waals surface area (Å²) in [6, 6.07) is 9.97. The fraction of sp³-hybridized carbons (Fsp3) is 0.214. The van der Waals surface area contributed by atoms with Crippen LogP contribution in [0.2, 0.25) is 0 Å². The van der Waals surface area contributed by atoms with Gasteiger partial charge in [0.1, 0.15) is 0 Å². The number of nitrogens with one attached hydrogen (secondary N) is 1. The van der Waals surface area contributed by atoms with Crippen molar-refractivity contribution in [3.05, 3.63) is 36.4 Å². The predicted molar refractivity (Wildman–Crippen MR) is 77.4 cm³/mol. The average molecular weight is 293 g/mol. The Morgan fingerprint density at radius 1 is 1.25 bits per heavy atom. The monoisotopic (exact) mass is 293 g/mol. The van der Waals surface area contributed by atoms with Crippen LogP contribution in [-0.4, -0.2) is 31.8 Å². The summed E-state index contributed by atoms with van der Waals surface area (Å²) in [5.74, 6) is -0.493. The van der Waals surface area contributed by atoms with E-state index in [9.17, 15) is 13.2 Å². The van der Waals surface area contributed by atoms with Gasteiger partial charge in [0.15, 0.2) is 9.84 Å². The van der Waals surface area contributed by atoms with Crippen LogP contribution in [0.3, 0.4) is 0 Å². The maximum Gasteiger partial charge on any atom is 0.221 e. The normalized spacial score (nSPS) is 11.5. The second kappa shape index (κ2) is 5.60. The van der Waals surface area contributed by atoms with E-state index < -0.39 is 16.4 Å². The molecule has 0 atom stereocenters. The molecule has 6 heteroatoms. The Balaban J connectivity index is 2.57. The summed E-state index contributed by atoms with van der Waals surface area (Å²) in [5.41, 5.74) is 0.613. The summed E-state index contributed by atoms with van der Waals surface area (Å²) in [7, 11) is -3.51. The zero-order chi connectivity index (χ0) is 14.8. The Morgan fingerprint density at radius 3 is 2.65 bits per heavy atom. The van der Waals surface area contributed by atoms with Crippen LogP contribution < -0.4 is 5.32 Å². The number of carbonyl (C=O) groups excluding carboxylic acids is 1. The van der Waals surface area contributed by atoms with Crippen molar-refractivity contribution in [3.63, 3.8) is 0 Å². The number of hydrogen-bond donors (Lipinski definition) is 2. The van der Waals surface area contributed by atoms with Gasteiger partial charge in [-0.3, -0.25) is 4.79 Å². The first-order chi connectivity index (χ1) is 9.44. The van der Waals surface area contributed by atoms with E-state index in [1.54, 1.807) is 30.3 Å². The van der Waals surface area contributed by atoms with Crippen LogP contribution in [0.1, 0.15) is 6.92 Å². The van der Waals surface area contributed by atoms with E-state index in [4.69, 9.17) is 5.11 Å². The van der Waals surface area contributed by atoms with Crippen LogP contribution in [0.5, 0.6) is 0 Å². The second-order valence-corrected chi connectivity index (χ2v) is 6.49. The molecular weight excluding hydrogens is 278 g/mol. The molecule has 2 aromatic rings. The van der Waals surface area contributed by atoms with Gasteiger partial charge in [0.2, 0.25) is 5.91 Å². The van der Waals surface area contributed by atoms with Gasteiger partial charge in [0.25, 0.3) is 0 Å². The molecule has 1 amide bonds. The molecule has 0 fully saturated rings. The Hall–Kier alpha value is -1.92. The van der Waals surface area contributed by atoms with Gasteiger partial charge in [-0.2, -0.15) is 0 Å². The lowest BCUT2D eigenvalue weighted by Crippen LogP contribution is -2.10. The van der Waals surface area contributed by atoms with Crippen LogP contribution in [0.25, 0.3) is 10.8 Å². The highest BCUT2D eigenvalue weighted by atomic mass is 32.2. The van der Waals surface area contributed by atoms with Gasteiger partial charge < -0.3 is 10.4 Å². The molecule has 0 radical (unpaired) electrons. The maximum atomic E-state index is 12.1. The first kappa shape index (κ1) is 14.5. The molecule has 2 N–H and O–H groups in total. The zero-order valence-electron chi connectivity index (χ0n) is 11.0. The Labute approximate surface area is 117 Å². The molecule has 5 nitrogen and oxygen atoms in total. The van der Waals surface area contributed by atoms with Crippen LogP contribution in [0, 0.1) is 0 Å². The summed E-state index contributed by atoms with van der Waals surface area (Å²) in [4.78, 5) is 11.2. The van der Waals surface area contributed by atoms with E-state index in [-0.39, 0.29) is 16.6 Å². The Kier molecular flexibility index (Phi) is 4.06. The summed E-state index contributed by atoms with van der Waals surface area (Å²) >= 11 is 0. The van der Waals surface area contributed by atoms with Crippen molar-refractivity contribution >= 4 is 32.2 Å². The summed E-state index contributed by atoms with van der Waals surface area (Å²) in [6.07, 6.45) is 0. The average Bonchev–Trinajstić information content (AvgIpc) is 2.37. The number of sulfone groups is 1. The van der Waals surface area contributed by atoms with Crippen molar-refractivity contribution in [1.29, 1.82) is 0 Å². The van der Waals surface area contributed by atoms with Gasteiger partial charge >= 0.3 is 0 Å². The SMILES string of the molecule is CC(=O)Nc1ccc2c(S(=O)(=O)CCO)cccc2c1. The molecule has 0 aliphatic rings. The fourth-order valence-electron chi connectivity index (χ4n) is 2.04. The third-order valence-electron chi connectivity index (χ3n) is 2.86. The number of aliphatic hydroxyl groups excluding tert-OH is 1. The van der Waals surface area contributed by atoms with Crippen LogP contribution in [0.15, 0.2) is 41.3 Å². The standard InChI is InChI=1S/C14H15NO4S/c1-10(17)15-12-5-6-13-11(9-12)3-2-4-14(13)20(18,19)8-7-16/h2-6,9,16H,7-8H2,1H3,(H,15,17). The fourth-order valence-corrected chi connectivity index (χ4v) is 3.30. The maximum absolute atomic E-state index is 12.1. The lowest BCUT2D eigenvalue weighted by Gasteiger charge is -2.09. The number of anilines is 1. The Bertz CT molecular complexity index is 753. The van der Waals surface area contributed by atoms with Gasteiger partial charge in [-0.15, -0.1) is 0 Å². The minimum absolute atomic E-state index is 0.187. The van der Waals surface area contributed by atoms with E-state index in [0.29, 0.717) is 11.1 Å². The van der Waals surface area contributed by atoms with Gasteiger partial charge in [-0.05, 0) is 23.6 Å². The number of hydrogen-bond acceptors (Lipinski definition) is 4. The lowest BCUT2D eigenvalue weighted by molar-refractivity contribution is -0.114. The predicted octanol–water partition coefficient (Wildman–Crippen LogP) is 1.56. The number of rotatable bonds is 4. The van der Waals surface area contributed by atoms with Crippen molar-refractivity contribution in [2.45, 2.75) is 11.8 Å². The molecule has 0 aliphatic carbocycles. The lowest BCUT2D eigenvalue weighted by atomic mass is 10.1. The largest absolute Gasteiger partial charge is 0.395 e. The highest BCUT2D eigenvalue weighted by Gasteiger charge is 2.16. The van der Waals surface area contributed by atoms with E-state index >= 15 is 0 Å². The van der Waals surface area contributed by atoms with Crippen LogP contribution in [-0.2, 0) is 14.6 Å². The number of carbonyl (C=O) groups is 1. The summed E-state index contributed by atoms with van der Waals surface area (Å²) in [5, 5.41) is 12.8. The van der Waals surface area contributed by atoms with Gasteiger partial charge in [0.05, 0.1) is 17.3 Å². The zero-order valence-corrected chi connectivity index (χ0v) is 11.8. The molecular formula is C14H15NO4S. The number of fused-ring (bicyclic) bond motifs is 1. The first-order valence-corrected chi connectivity index (χ1v) is 7.73. The van der Waals surface area contributed by atoms with E-state index in [1.807, 2.05) is 0 Å². The highest BCUT2D eigenvalue weighted by molar-refractivity contribution is 7.91. The van der Waals surface area contributed by atoms with E-state index in [1.165, 1.54) is 13.0 Å². The van der Waals surface area contributed by atoms with Crippen molar-refractivity contribution in [2.75, 3.05) is 17.7 Å². The molecule has 0 unspecified atom stereocenters. The second-order valence-electron chi connectivity index (χ2n) is 4.42. The van der Waals surface area contributed by atoms with E-state index in [2.05, 4.69) is 5.32 Å². The first-order valence-electron chi connectivity index (χ1n) is 6.08. The highest BCUT2D eigenvalue weighted by Crippen LogP contribution is 2.26. The molecule has 106 valence electrons. The van der Waals surface area contributed by atoms with Crippen molar-refractivity contribution in [3.8, 4) is 0 Å². The summed E-state index contributed by atoms with van der Waals surface area (Å²) < 4.78 is 24.2. The minimum Gasteiger partial charge on any atom is -0.395 e. The quantitative estimate of drug-likeness (QED) is 0.896. The Morgan fingerprint density at radius 2 is 2.00 bits per heavy atom. The minimum atomic E-state index is -3.51. The van der Waals surface area contributed by atoms with Crippen molar-refractivity contribution < 1.29 is 18.3 Å². The topological polar surface area (TPSA) is 83.5 Å². The molecule has 0 aromatic heterocycles. The molecule has 0 bridgehead atoms. The number of amides is 1. The molecule has 0 spiro atoms. The molecule has 0 saturated heterocycles. The smallest absolute Gasteiger partial charge is 0.221 e. The molecule has 0 heterocycles.